The van der Waals surface area contributed by atoms with Gasteiger partial charge in [-0.25, -0.2) is 4.79 Å². The van der Waals surface area contributed by atoms with Crippen molar-refractivity contribution in [1.82, 2.24) is 0 Å². The number of hydrogen-bond acceptors (Lipinski definition) is 2. The van der Waals surface area contributed by atoms with E-state index >= 15 is 0 Å². The zero-order valence-corrected chi connectivity index (χ0v) is 12.7. The predicted octanol–water partition coefficient (Wildman–Crippen LogP) is 5.32. The highest BCUT2D eigenvalue weighted by Gasteiger charge is 2.33. The molecule has 0 aliphatic heterocycles. The normalized spacial score (nSPS) is 11.4. The largest absolute Gasteiger partial charge is 0.478 e. The van der Waals surface area contributed by atoms with Gasteiger partial charge < -0.3 is 5.11 Å². The van der Waals surface area contributed by atoms with Crippen molar-refractivity contribution < 1.29 is 23.1 Å². The summed E-state index contributed by atoms with van der Waals surface area (Å²) in [6, 6.07) is 9.47. The SMILES string of the molecule is O=C(O)c1cccc(Sc2cc(Br)ccc2C(F)(F)F)c1. The topological polar surface area (TPSA) is 37.3 Å². The molecule has 110 valence electrons. The van der Waals surface area contributed by atoms with Crippen LogP contribution in [0.3, 0.4) is 0 Å². The number of alkyl halides is 3. The molecule has 0 amide bonds. The Labute approximate surface area is 131 Å². The molecule has 0 saturated heterocycles. The van der Waals surface area contributed by atoms with Gasteiger partial charge in [-0.2, -0.15) is 13.2 Å². The molecular formula is C14H8BrF3O2S. The van der Waals surface area contributed by atoms with Crippen LogP contribution in [0.4, 0.5) is 13.2 Å². The number of aromatic carboxylic acids is 1. The average molecular weight is 377 g/mol. The number of carboxylic acid groups (broad SMARTS) is 1. The smallest absolute Gasteiger partial charge is 0.417 e. The molecule has 0 atom stereocenters. The third-order valence-corrected chi connectivity index (χ3v) is 4.10. The van der Waals surface area contributed by atoms with Gasteiger partial charge in [0, 0.05) is 14.3 Å². The van der Waals surface area contributed by atoms with Crippen molar-refractivity contribution >= 4 is 33.7 Å². The lowest BCUT2D eigenvalue weighted by atomic mass is 10.2. The summed E-state index contributed by atoms with van der Waals surface area (Å²) in [6.07, 6.45) is -4.46. The van der Waals surface area contributed by atoms with Gasteiger partial charge in [-0.15, -0.1) is 0 Å². The van der Waals surface area contributed by atoms with Crippen LogP contribution in [-0.2, 0) is 6.18 Å². The number of carbonyl (C=O) groups is 1. The summed E-state index contributed by atoms with van der Waals surface area (Å²) in [5, 5.41) is 8.91. The summed E-state index contributed by atoms with van der Waals surface area (Å²) in [4.78, 5) is 11.3. The first-order valence-corrected chi connectivity index (χ1v) is 7.26. The van der Waals surface area contributed by atoms with Crippen LogP contribution in [0.5, 0.6) is 0 Å². The van der Waals surface area contributed by atoms with E-state index in [-0.39, 0.29) is 10.5 Å². The molecule has 0 bridgehead atoms. The van der Waals surface area contributed by atoms with Crippen LogP contribution in [0.2, 0.25) is 0 Å². The van der Waals surface area contributed by atoms with Gasteiger partial charge in [0.1, 0.15) is 0 Å². The van der Waals surface area contributed by atoms with Crippen LogP contribution in [-0.4, -0.2) is 11.1 Å². The van der Waals surface area contributed by atoms with Crippen LogP contribution in [0.25, 0.3) is 0 Å². The third kappa shape index (κ3) is 4.01. The third-order valence-electron chi connectivity index (χ3n) is 2.56. The Morgan fingerprint density at radius 3 is 2.48 bits per heavy atom. The van der Waals surface area contributed by atoms with Crippen LogP contribution < -0.4 is 0 Å². The highest BCUT2D eigenvalue weighted by molar-refractivity contribution is 9.10. The van der Waals surface area contributed by atoms with Crippen LogP contribution in [0, 0.1) is 0 Å². The van der Waals surface area contributed by atoms with E-state index in [4.69, 9.17) is 5.11 Å². The molecule has 2 nitrogen and oxygen atoms in total. The molecule has 2 rings (SSSR count). The van der Waals surface area contributed by atoms with Gasteiger partial charge >= 0.3 is 12.1 Å². The first-order chi connectivity index (χ1) is 9.77. The summed E-state index contributed by atoms with van der Waals surface area (Å²) in [6.45, 7) is 0. The maximum Gasteiger partial charge on any atom is 0.417 e. The molecular weight excluding hydrogens is 369 g/mol. The van der Waals surface area contributed by atoms with E-state index in [0.29, 0.717) is 9.37 Å². The Hall–Kier alpha value is -1.47. The fourth-order valence-electron chi connectivity index (χ4n) is 1.63. The zero-order chi connectivity index (χ0) is 15.6. The zero-order valence-electron chi connectivity index (χ0n) is 10.3. The van der Waals surface area contributed by atoms with E-state index in [9.17, 15) is 18.0 Å². The Kier molecular flexibility index (Phi) is 4.63. The van der Waals surface area contributed by atoms with E-state index in [1.807, 2.05) is 0 Å². The van der Waals surface area contributed by atoms with E-state index in [2.05, 4.69) is 15.9 Å². The highest BCUT2D eigenvalue weighted by atomic mass is 79.9. The van der Waals surface area contributed by atoms with E-state index in [0.717, 1.165) is 17.8 Å². The second-order valence-electron chi connectivity index (χ2n) is 4.07. The Bertz CT molecular complexity index is 686. The maximum atomic E-state index is 13.0. The monoisotopic (exact) mass is 376 g/mol. The standard InChI is InChI=1S/C14H8BrF3O2S/c15-9-4-5-11(14(16,17)18)12(7-9)21-10-3-1-2-8(6-10)13(19)20/h1-7H,(H,19,20). The summed E-state index contributed by atoms with van der Waals surface area (Å²) in [5.41, 5.74) is -0.722. The molecule has 0 unspecified atom stereocenters. The van der Waals surface area contributed by atoms with Gasteiger partial charge in [0.05, 0.1) is 11.1 Å². The Morgan fingerprint density at radius 2 is 1.86 bits per heavy atom. The molecule has 1 N–H and O–H groups in total. The van der Waals surface area contributed by atoms with Crippen molar-refractivity contribution in [3.63, 3.8) is 0 Å². The summed E-state index contributed by atoms with van der Waals surface area (Å²) < 4.78 is 39.4. The molecule has 21 heavy (non-hydrogen) atoms. The lowest BCUT2D eigenvalue weighted by Gasteiger charge is -2.13. The fraction of sp³-hybridized carbons (Fsp3) is 0.0714. The van der Waals surface area contributed by atoms with Gasteiger partial charge in [0.25, 0.3) is 0 Å². The molecule has 2 aromatic carbocycles. The van der Waals surface area contributed by atoms with Gasteiger partial charge in [-0.3, -0.25) is 0 Å². The van der Waals surface area contributed by atoms with Gasteiger partial charge in [0.2, 0.25) is 0 Å². The van der Waals surface area contributed by atoms with E-state index in [1.165, 1.54) is 30.3 Å². The number of carboxylic acids is 1. The van der Waals surface area contributed by atoms with Gasteiger partial charge in [0.15, 0.2) is 0 Å². The second-order valence-corrected chi connectivity index (χ2v) is 6.10. The highest BCUT2D eigenvalue weighted by Crippen LogP contribution is 2.40. The summed E-state index contributed by atoms with van der Waals surface area (Å²) >= 11 is 4.01. The Balaban J connectivity index is 2.41. The van der Waals surface area contributed by atoms with Gasteiger partial charge in [-0.05, 0) is 36.4 Å². The van der Waals surface area contributed by atoms with Crippen molar-refractivity contribution in [3.05, 3.63) is 58.1 Å². The first kappa shape index (κ1) is 15.9. The number of rotatable bonds is 3. The van der Waals surface area contributed by atoms with Crippen LogP contribution >= 0.6 is 27.7 Å². The minimum absolute atomic E-state index is 0.0133. The van der Waals surface area contributed by atoms with Crippen molar-refractivity contribution in [2.75, 3.05) is 0 Å². The maximum absolute atomic E-state index is 13.0. The molecule has 0 saturated carbocycles. The minimum atomic E-state index is -4.46. The number of benzene rings is 2. The van der Waals surface area contributed by atoms with Crippen molar-refractivity contribution in [3.8, 4) is 0 Å². The molecule has 0 aromatic heterocycles. The average Bonchev–Trinajstić information content (AvgIpc) is 2.37. The summed E-state index contributed by atoms with van der Waals surface area (Å²) in [5.74, 6) is -1.12. The van der Waals surface area contributed by atoms with E-state index < -0.39 is 17.7 Å². The summed E-state index contributed by atoms with van der Waals surface area (Å²) in [7, 11) is 0. The second kappa shape index (κ2) is 6.11. The molecule has 0 aliphatic carbocycles. The van der Waals surface area contributed by atoms with Crippen LogP contribution in [0.15, 0.2) is 56.7 Å². The molecule has 0 heterocycles. The number of halogens is 4. The van der Waals surface area contributed by atoms with Crippen LogP contribution in [0.1, 0.15) is 15.9 Å². The number of hydrogen-bond donors (Lipinski definition) is 1. The molecule has 0 radical (unpaired) electrons. The lowest BCUT2D eigenvalue weighted by Crippen LogP contribution is -2.06. The lowest BCUT2D eigenvalue weighted by molar-refractivity contribution is -0.139. The first-order valence-electron chi connectivity index (χ1n) is 5.65. The Morgan fingerprint density at radius 1 is 1.14 bits per heavy atom. The fourth-order valence-corrected chi connectivity index (χ4v) is 3.21. The van der Waals surface area contributed by atoms with Gasteiger partial charge in [-0.1, -0.05) is 33.8 Å². The predicted molar refractivity (Wildman–Crippen MR) is 76.7 cm³/mol. The van der Waals surface area contributed by atoms with Crippen molar-refractivity contribution in [1.29, 1.82) is 0 Å². The molecule has 0 aliphatic rings. The molecule has 7 heteroatoms. The molecule has 0 fully saturated rings. The minimum Gasteiger partial charge on any atom is -0.478 e. The molecule has 0 spiro atoms. The molecule has 2 aromatic rings. The van der Waals surface area contributed by atoms with Crippen molar-refractivity contribution in [2.45, 2.75) is 16.0 Å². The quantitative estimate of drug-likeness (QED) is 0.787. The van der Waals surface area contributed by atoms with Crippen molar-refractivity contribution in [2.24, 2.45) is 0 Å². The van der Waals surface area contributed by atoms with E-state index in [1.54, 1.807) is 6.07 Å².